The monoisotopic (exact) mass is 269 g/mol. The van der Waals surface area contributed by atoms with Gasteiger partial charge in [-0.05, 0) is 6.54 Å². The maximum Gasteiger partial charge on any atom is 0.284 e. The van der Waals surface area contributed by atoms with Crippen LogP contribution in [0.2, 0.25) is 0 Å². The van der Waals surface area contributed by atoms with Crippen molar-refractivity contribution in [1.82, 2.24) is 20.2 Å². The van der Waals surface area contributed by atoms with Gasteiger partial charge in [0, 0.05) is 31.6 Å². The molecule has 1 aromatic heterocycles. The van der Waals surface area contributed by atoms with Gasteiger partial charge in [0.1, 0.15) is 10.7 Å². The van der Waals surface area contributed by atoms with Gasteiger partial charge < -0.3 is 4.90 Å². The van der Waals surface area contributed by atoms with Crippen molar-refractivity contribution < 1.29 is 4.79 Å². The molecule has 7 heteroatoms. The molecule has 100 valence electrons. The van der Waals surface area contributed by atoms with E-state index < -0.39 is 0 Å². The van der Waals surface area contributed by atoms with E-state index in [0.717, 1.165) is 44.3 Å². The highest BCUT2D eigenvalue weighted by Gasteiger charge is 2.17. The minimum absolute atomic E-state index is 0.326. The zero-order valence-corrected chi connectivity index (χ0v) is 11.4. The number of hydrogen-bond donors (Lipinski definition) is 2. The van der Waals surface area contributed by atoms with Gasteiger partial charge in [0.15, 0.2) is 0 Å². The van der Waals surface area contributed by atoms with Gasteiger partial charge in [-0.3, -0.25) is 15.1 Å². The number of rotatable bonds is 4. The van der Waals surface area contributed by atoms with Crippen LogP contribution >= 0.6 is 11.3 Å². The fourth-order valence-electron chi connectivity index (χ4n) is 2.02. The number of nitrogen functional groups attached to an aromatic ring is 1. The third-order valence-corrected chi connectivity index (χ3v) is 4.02. The van der Waals surface area contributed by atoms with Gasteiger partial charge in [-0.2, -0.15) is 0 Å². The van der Waals surface area contributed by atoms with Gasteiger partial charge in [0.05, 0.1) is 6.54 Å². The fourth-order valence-corrected chi connectivity index (χ4v) is 2.83. The standard InChI is InChI=1S/C11H19N5OS/c1-2-15-3-5-16(6-4-15)7-10-13-9(8-18-10)11(17)14-12/h8H,2-7,12H2,1H3,(H,14,17). The summed E-state index contributed by atoms with van der Waals surface area (Å²) in [6, 6.07) is 0. The molecular formula is C11H19N5OS. The van der Waals surface area contributed by atoms with E-state index in [4.69, 9.17) is 5.84 Å². The highest BCUT2D eigenvalue weighted by atomic mass is 32.1. The molecule has 0 aliphatic carbocycles. The second-order valence-electron chi connectivity index (χ2n) is 4.31. The summed E-state index contributed by atoms with van der Waals surface area (Å²) in [6.45, 7) is 8.47. The summed E-state index contributed by atoms with van der Waals surface area (Å²) >= 11 is 1.51. The third kappa shape index (κ3) is 3.26. The Morgan fingerprint density at radius 1 is 1.44 bits per heavy atom. The van der Waals surface area contributed by atoms with Crippen molar-refractivity contribution in [2.24, 2.45) is 5.84 Å². The van der Waals surface area contributed by atoms with E-state index in [1.165, 1.54) is 11.3 Å². The maximum absolute atomic E-state index is 11.3. The average molecular weight is 269 g/mol. The number of nitrogens with two attached hydrogens (primary N) is 1. The highest BCUT2D eigenvalue weighted by Crippen LogP contribution is 2.13. The number of likely N-dealkylation sites (N-methyl/N-ethyl adjacent to an activating group) is 1. The summed E-state index contributed by atoms with van der Waals surface area (Å²) in [5.74, 6) is 4.75. The second kappa shape index (κ2) is 6.24. The quantitative estimate of drug-likeness (QED) is 0.453. The molecule has 0 spiro atoms. The average Bonchev–Trinajstić information content (AvgIpc) is 2.87. The van der Waals surface area contributed by atoms with E-state index in [0.29, 0.717) is 5.69 Å². The minimum atomic E-state index is -0.326. The van der Waals surface area contributed by atoms with Crippen LogP contribution in [0.5, 0.6) is 0 Å². The molecule has 1 fully saturated rings. The molecule has 2 heterocycles. The zero-order valence-electron chi connectivity index (χ0n) is 10.6. The van der Waals surface area contributed by atoms with Crippen molar-refractivity contribution in [3.8, 4) is 0 Å². The lowest BCUT2D eigenvalue weighted by Crippen LogP contribution is -2.45. The topological polar surface area (TPSA) is 74.5 Å². The second-order valence-corrected chi connectivity index (χ2v) is 5.25. The summed E-state index contributed by atoms with van der Waals surface area (Å²) in [4.78, 5) is 20.4. The van der Waals surface area contributed by atoms with Crippen LogP contribution in [0.25, 0.3) is 0 Å². The van der Waals surface area contributed by atoms with Crippen LogP contribution in [-0.4, -0.2) is 53.4 Å². The first-order valence-corrected chi connectivity index (χ1v) is 7.01. The molecular weight excluding hydrogens is 250 g/mol. The lowest BCUT2D eigenvalue weighted by molar-refractivity contribution is 0.0948. The molecule has 0 saturated carbocycles. The van der Waals surface area contributed by atoms with Crippen molar-refractivity contribution in [1.29, 1.82) is 0 Å². The first-order chi connectivity index (χ1) is 8.72. The first kappa shape index (κ1) is 13.4. The predicted octanol–water partition coefficient (Wildman–Crippen LogP) is -0.116. The number of amides is 1. The van der Waals surface area contributed by atoms with Gasteiger partial charge in [0.2, 0.25) is 0 Å². The van der Waals surface area contributed by atoms with E-state index in [2.05, 4.69) is 27.1 Å². The number of carbonyl (C=O) groups excluding carboxylic acids is 1. The molecule has 0 unspecified atom stereocenters. The fraction of sp³-hybridized carbons (Fsp3) is 0.636. The Bertz CT molecular complexity index is 400. The largest absolute Gasteiger partial charge is 0.301 e. The summed E-state index contributed by atoms with van der Waals surface area (Å²) in [6.07, 6.45) is 0. The summed E-state index contributed by atoms with van der Waals surface area (Å²) in [5, 5.41) is 2.72. The molecule has 3 N–H and O–H groups in total. The van der Waals surface area contributed by atoms with Gasteiger partial charge in [-0.1, -0.05) is 6.92 Å². The molecule has 1 saturated heterocycles. The van der Waals surface area contributed by atoms with Crippen LogP contribution < -0.4 is 11.3 Å². The summed E-state index contributed by atoms with van der Waals surface area (Å²) in [7, 11) is 0. The first-order valence-electron chi connectivity index (χ1n) is 6.13. The molecule has 1 amide bonds. The molecule has 1 aliphatic heterocycles. The Morgan fingerprint density at radius 2 is 2.11 bits per heavy atom. The number of hydrazine groups is 1. The van der Waals surface area contributed by atoms with E-state index in [1.807, 2.05) is 0 Å². The number of aromatic nitrogens is 1. The van der Waals surface area contributed by atoms with Crippen LogP contribution in [0.4, 0.5) is 0 Å². The number of carbonyl (C=O) groups is 1. The molecule has 0 radical (unpaired) electrons. The predicted molar refractivity (Wildman–Crippen MR) is 71.2 cm³/mol. The number of nitrogens with one attached hydrogen (secondary N) is 1. The van der Waals surface area contributed by atoms with Crippen molar-refractivity contribution in [3.63, 3.8) is 0 Å². The number of nitrogens with zero attached hydrogens (tertiary/aromatic N) is 3. The van der Waals surface area contributed by atoms with E-state index in [1.54, 1.807) is 5.38 Å². The Labute approximate surface area is 111 Å². The SMILES string of the molecule is CCN1CCN(Cc2nc(C(=O)NN)cs2)CC1. The number of piperazine rings is 1. The Hall–Kier alpha value is -1.02. The van der Waals surface area contributed by atoms with E-state index in [9.17, 15) is 4.79 Å². The lowest BCUT2D eigenvalue weighted by Gasteiger charge is -2.33. The molecule has 0 aromatic carbocycles. The van der Waals surface area contributed by atoms with Crippen molar-refractivity contribution >= 4 is 17.2 Å². The molecule has 6 nitrogen and oxygen atoms in total. The third-order valence-electron chi connectivity index (χ3n) is 3.19. The Balaban J connectivity index is 1.86. The van der Waals surface area contributed by atoms with Crippen molar-refractivity contribution in [2.45, 2.75) is 13.5 Å². The van der Waals surface area contributed by atoms with Gasteiger partial charge in [-0.25, -0.2) is 10.8 Å². The van der Waals surface area contributed by atoms with Gasteiger partial charge in [-0.15, -0.1) is 11.3 Å². The zero-order chi connectivity index (χ0) is 13.0. The smallest absolute Gasteiger partial charge is 0.284 e. The van der Waals surface area contributed by atoms with E-state index in [-0.39, 0.29) is 5.91 Å². The van der Waals surface area contributed by atoms with Gasteiger partial charge in [0.25, 0.3) is 5.91 Å². The molecule has 0 bridgehead atoms. The summed E-state index contributed by atoms with van der Waals surface area (Å²) in [5.41, 5.74) is 2.50. The minimum Gasteiger partial charge on any atom is -0.301 e. The highest BCUT2D eigenvalue weighted by molar-refractivity contribution is 7.09. The van der Waals surface area contributed by atoms with Crippen LogP contribution in [-0.2, 0) is 6.54 Å². The lowest BCUT2D eigenvalue weighted by atomic mass is 10.3. The molecule has 18 heavy (non-hydrogen) atoms. The number of thiazole rings is 1. The number of hydrogen-bond acceptors (Lipinski definition) is 6. The Morgan fingerprint density at radius 3 is 2.72 bits per heavy atom. The summed E-state index contributed by atoms with van der Waals surface area (Å²) < 4.78 is 0. The van der Waals surface area contributed by atoms with E-state index >= 15 is 0 Å². The maximum atomic E-state index is 11.3. The molecule has 1 aliphatic rings. The van der Waals surface area contributed by atoms with Crippen LogP contribution in [0.1, 0.15) is 22.4 Å². The van der Waals surface area contributed by atoms with Crippen molar-refractivity contribution in [2.75, 3.05) is 32.7 Å². The normalized spacial score (nSPS) is 17.9. The van der Waals surface area contributed by atoms with Crippen LogP contribution in [0.15, 0.2) is 5.38 Å². The molecule has 1 aromatic rings. The van der Waals surface area contributed by atoms with Gasteiger partial charge >= 0.3 is 0 Å². The molecule has 2 rings (SSSR count). The van der Waals surface area contributed by atoms with Crippen LogP contribution in [0.3, 0.4) is 0 Å². The van der Waals surface area contributed by atoms with Crippen molar-refractivity contribution in [3.05, 3.63) is 16.1 Å². The van der Waals surface area contributed by atoms with Crippen LogP contribution in [0, 0.1) is 0 Å². The Kier molecular flexibility index (Phi) is 4.65. The molecule has 0 atom stereocenters.